The van der Waals surface area contributed by atoms with Crippen molar-refractivity contribution in [3.05, 3.63) is 0 Å². The fraction of sp³-hybridized carbons (Fsp3) is 1.00. The topological polar surface area (TPSA) is 0 Å². The molecule has 0 heterocycles. The first kappa shape index (κ1) is 9.55. The van der Waals surface area contributed by atoms with Gasteiger partial charge in [0.25, 0.3) is 0 Å². The zero-order chi connectivity index (χ0) is 9.15. The van der Waals surface area contributed by atoms with E-state index in [1.807, 2.05) is 0 Å². The lowest BCUT2D eigenvalue weighted by Crippen LogP contribution is -2.35. The van der Waals surface area contributed by atoms with Crippen molar-refractivity contribution < 1.29 is 0 Å². The first-order valence-electron chi connectivity index (χ1n) is 6.37. The molecule has 0 aromatic heterocycles. The fourth-order valence-electron chi connectivity index (χ4n) is 3.93. The van der Waals surface area contributed by atoms with Crippen molar-refractivity contribution in [2.24, 2.45) is 11.3 Å². The molecule has 0 aliphatic heterocycles. The highest BCUT2D eigenvalue weighted by molar-refractivity contribution is 4.91. The quantitative estimate of drug-likeness (QED) is 0.556. The summed E-state index contributed by atoms with van der Waals surface area (Å²) in [5.74, 6) is 1.08. The van der Waals surface area contributed by atoms with Crippen molar-refractivity contribution in [3.63, 3.8) is 0 Å². The Kier molecular flexibility index (Phi) is 2.96. The highest BCUT2D eigenvalue weighted by Crippen LogP contribution is 2.52. The van der Waals surface area contributed by atoms with E-state index in [1.165, 1.54) is 44.9 Å². The van der Waals surface area contributed by atoms with Crippen LogP contribution in [0.15, 0.2) is 0 Å². The fourth-order valence-corrected chi connectivity index (χ4v) is 3.93. The lowest BCUT2D eigenvalue weighted by molar-refractivity contribution is 0.0456. The maximum Gasteiger partial charge on any atom is -0.0269 e. The van der Waals surface area contributed by atoms with Crippen molar-refractivity contribution in [3.8, 4) is 0 Å². The van der Waals surface area contributed by atoms with Gasteiger partial charge < -0.3 is 0 Å². The Morgan fingerprint density at radius 3 is 2.15 bits per heavy atom. The molecule has 0 aromatic rings. The van der Waals surface area contributed by atoms with Gasteiger partial charge >= 0.3 is 0 Å². The molecule has 1 unspecified atom stereocenters. The zero-order valence-electron chi connectivity index (χ0n) is 9.15. The maximum atomic E-state index is 2.41. The van der Waals surface area contributed by atoms with Crippen LogP contribution in [0.4, 0.5) is 0 Å². The Bertz CT molecular complexity index is 145. The number of hydrogen-bond donors (Lipinski definition) is 0. The molecule has 0 amide bonds. The van der Waals surface area contributed by atoms with E-state index in [9.17, 15) is 0 Å². The highest BCUT2D eigenvalue weighted by atomic mass is 14.4. The average molecular weight is 180 g/mol. The molecule has 0 heteroatoms. The Hall–Kier alpha value is 0. The minimum absolute atomic E-state index is 0.825. The van der Waals surface area contributed by atoms with Gasteiger partial charge in [-0.15, -0.1) is 0 Å². The molecule has 2 aliphatic rings. The summed E-state index contributed by atoms with van der Waals surface area (Å²) < 4.78 is 0. The second kappa shape index (κ2) is 4.02. The Labute approximate surface area is 83.1 Å². The van der Waals surface area contributed by atoms with Crippen LogP contribution in [-0.2, 0) is 0 Å². The molecule has 0 radical (unpaired) electrons. The standard InChI is InChI=1S/C13H24/c1-2-12-8-4-7-11-13(12)9-5-3-6-10-13/h12H,2-11H2,1H3. The van der Waals surface area contributed by atoms with Gasteiger partial charge in [-0.2, -0.15) is 0 Å². The van der Waals surface area contributed by atoms with Crippen molar-refractivity contribution in [2.45, 2.75) is 71.1 Å². The summed E-state index contributed by atoms with van der Waals surface area (Å²) in [6, 6.07) is 0. The van der Waals surface area contributed by atoms with Crippen LogP contribution in [0, 0.1) is 11.3 Å². The molecule has 0 aromatic carbocycles. The molecule has 2 rings (SSSR count). The van der Waals surface area contributed by atoms with Crippen molar-refractivity contribution in [1.29, 1.82) is 0 Å². The summed E-state index contributed by atoms with van der Waals surface area (Å²) in [5, 5.41) is 0. The summed E-state index contributed by atoms with van der Waals surface area (Å²) in [7, 11) is 0. The van der Waals surface area contributed by atoms with E-state index in [1.54, 1.807) is 19.3 Å². The van der Waals surface area contributed by atoms with E-state index < -0.39 is 0 Å². The molecular formula is C13H24. The molecule has 1 atom stereocenters. The highest BCUT2D eigenvalue weighted by Gasteiger charge is 2.39. The van der Waals surface area contributed by atoms with E-state index in [2.05, 4.69) is 6.92 Å². The molecule has 0 nitrogen and oxygen atoms in total. The zero-order valence-corrected chi connectivity index (χ0v) is 9.15. The van der Waals surface area contributed by atoms with Crippen LogP contribution >= 0.6 is 0 Å². The van der Waals surface area contributed by atoms with E-state index >= 15 is 0 Å². The molecule has 0 bridgehead atoms. The summed E-state index contributed by atoms with van der Waals surface area (Å²) in [5.41, 5.74) is 0.825. The van der Waals surface area contributed by atoms with Gasteiger partial charge in [-0.3, -0.25) is 0 Å². The van der Waals surface area contributed by atoms with Crippen LogP contribution < -0.4 is 0 Å². The Morgan fingerprint density at radius 1 is 0.923 bits per heavy atom. The van der Waals surface area contributed by atoms with Crippen molar-refractivity contribution >= 4 is 0 Å². The van der Waals surface area contributed by atoms with Crippen LogP contribution in [-0.4, -0.2) is 0 Å². The molecule has 2 saturated carbocycles. The third-order valence-electron chi connectivity index (χ3n) is 4.69. The third kappa shape index (κ3) is 1.78. The third-order valence-corrected chi connectivity index (χ3v) is 4.69. The first-order chi connectivity index (χ1) is 6.37. The predicted molar refractivity (Wildman–Crippen MR) is 57.8 cm³/mol. The van der Waals surface area contributed by atoms with Gasteiger partial charge in [0.1, 0.15) is 0 Å². The largest absolute Gasteiger partial charge is 0.0651 e. The SMILES string of the molecule is CCC1CCCCC12CCCCC2. The molecule has 76 valence electrons. The minimum atomic E-state index is 0.825. The first-order valence-corrected chi connectivity index (χ1v) is 6.37. The number of rotatable bonds is 1. The Balaban J connectivity index is 2.06. The molecule has 0 N–H and O–H groups in total. The smallest absolute Gasteiger partial charge is 0.0269 e. The van der Waals surface area contributed by atoms with Crippen LogP contribution in [0.1, 0.15) is 71.1 Å². The molecule has 1 spiro atoms. The van der Waals surface area contributed by atoms with Crippen LogP contribution in [0.2, 0.25) is 0 Å². The van der Waals surface area contributed by atoms with Gasteiger partial charge in [-0.1, -0.05) is 45.4 Å². The van der Waals surface area contributed by atoms with Crippen molar-refractivity contribution in [1.82, 2.24) is 0 Å². The van der Waals surface area contributed by atoms with E-state index in [4.69, 9.17) is 0 Å². The second-order valence-corrected chi connectivity index (χ2v) is 5.27. The van der Waals surface area contributed by atoms with Gasteiger partial charge in [-0.25, -0.2) is 0 Å². The van der Waals surface area contributed by atoms with Gasteiger partial charge in [0.15, 0.2) is 0 Å². The lowest BCUT2D eigenvalue weighted by atomic mass is 9.59. The van der Waals surface area contributed by atoms with Gasteiger partial charge in [0, 0.05) is 0 Å². The summed E-state index contributed by atoms with van der Waals surface area (Å²) in [6.07, 6.45) is 15.3. The van der Waals surface area contributed by atoms with E-state index in [0.717, 1.165) is 11.3 Å². The summed E-state index contributed by atoms with van der Waals surface area (Å²) in [4.78, 5) is 0. The van der Waals surface area contributed by atoms with Gasteiger partial charge in [0.2, 0.25) is 0 Å². The lowest BCUT2D eigenvalue weighted by Gasteiger charge is -2.47. The summed E-state index contributed by atoms with van der Waals surface area (Å²) in [6.45, 7) is 2.41. The minimum Gasteiger partial charge on any atom is -0.0651 e. The Morgan fingerprint density at radius 2 is 1.54 bits per heavy atom. The molecule has 13 heavy (non-hydrogen) atoms. The van der Waals surface area contributed by atoms with Gasteiger partial charge in [-0.05, 0) is 37.0 Å². The van der Waals surface area contributed by atoms with E-state index in [-0.39, 0.29) is 0 Å². The summed E-state index contributed by atoms with van der Waals surface area (Å²) >= 11 is 0. The van der Waals surface area contributed by atoms with Crippen LogP contribution in [0.5, 0.6) is 0 Å². The van der Waals surface area contributed by atoms with Gasteiger partial charge in [0.05, 0.1) is 0 Å². The van der Waals surface area contributed by atoms with Crippen molar-refractivity contribution in [2.75, 3.05) is 0 Å². The normalized spacial score (nSPS) is 33.5. The number of hydrogen-bond acceptors (Lipinski definition) is 0. The predicted octanol–water partition coefficient (Wildman–Crippen LogP) is 4.54. The molecule has 2 aliphatic carbocycles. The molecular weight excluding hydrogens is 156 g/mol. The monoisotopic (exact) mass is 180 g/mol. The molecule has 2 fully saturated rings. The van der Waals surface area contributed by atoms with Crippen LogP contribution in [0.25, 0.3) is 0 Å². The molecule has 0 saturated heterocycles. The van der Waals surface area contributed by atoms with E-state index in [0.29, 0.717) is 0 Å². The average Bonchev–Trinajstić information content (AvgIpc) is 2.20. The van der Waals surface area contributed by atoms with Crippen LogP contribution in [0.3, 0.4) is 0 Å². The maximum absolute atomic E-state index is 2.41. The second-order valence-electron chi connectivity index (χ2n) is 5.27.